The minimum atomic E-state index is -3.50. The first kappa shape index (κ1) is 23.5. The van der Waals surface area contributed by atoms with Crippen LogP contribution in [0.4, 0.5) is 0 Å². The summed E-state index contributed by atoms with van der Waals surface area (Å²) in [5, 5.41) is 2.73. The number of carbonyl (C=O) groups is 1. The summed E-state index contributed by atoms with van der Waals surface area (Å²) in [6.07, 6.45) is 1.13. The number of nitrogens with one attached hydrogen (secondary N) is 1. The fourth-order valence-electron chi connectivity index (χ4n) is 3.13. The molecule has 0 heterocycles. The number of rotatable bonds is 11. The van der Waals surface area contributed by atoms with Gasteiger partial charge in [-0.25, -0.2) is 8.42 Å². The molecule has 1 N–H and O–H groups in total. The zero-order valence-corrected chi connectivity index (χ0v) is 18.6. The van der Waals surface area contributed by atoms with Gasteiger partial charge in [0.05, 0.1) is 33.1 Å². The van der Waals surface area contributed by atoms with Crippen molar-refractivity contribution in [3.63, 3.8) is 0 Å². The molecule has 2 aromatic rings. The lowest BCUT2D eigenvalue weighted by Crippen LogP contribution is -2.33. The van der Waals surface area contributed by atoms with Crippen molar-refractivity contribution >= 4 is 15.7 Å². The number of carbonyl (C=O) groups excluding carboxylic acids is 1. The van der Waals surface area contributed by atoms with Crippen LogP contribution < -0.4 is 19.5 Å². The van der Waals surface area contributed by atoms with Crippen LogP contribution in [-0.4, -0.2) is 47.2 Å². The van der Waals surface area contributed by atoms with Crippen LogP contribution in [0, 0.1) is 0 Å². The molecule has 0 bridgehead atoms. The van der Waals surface area contributed by atoms with Gasteiger partial charge in [-0.05, 0) is 43.0 Å². The van der Waals surface area contributed by atoms with Gasteiger partial charge in [0.25, 0.3) is 0 Å². The van der Waals surface area contributed by atoms with E-state index in [-0.39, 0.29) is 5.75 Å². The molecular weight excluding hydrogens is 406 g/mol. The minimum Gasteiger partial charge on any atom is -0.493 e. The maximum Gasteiger partial charge on any atom is 0.235 e. The zero-order chi connectivity index (χ0) is 22.1. The van der Waals surface area contributed by atoms with Crippen LogP contribution in [0.1, 0.15) is 30.5 Å². The van der Waals surface area contributed by atoms with Gasteiger partial charge >= 0.3 is 0 Å². The normalized spacial score (nSPS) is 12.1. The number of hydrogen-bond acceptors (Lipinski definition) is 6. The summed E-state index contributed by atoms with van der Waals surface area (Å²) in [6, 6.07) is 12.7. The number of sulfone groups is 1. The molecule has 1 amide bonds. The summed E-state index contributed by atoms with van der Waals surface area (Å²) in [5.41, 5.74) is 1.78. The molecule has 164 valence electrons. The molecule has 0 saturated carbocycles. The predicted molar refractivity (Wildman–Crippen MR) is 116 cm³/mol. The highest BCUT2D eigenvalue weighted by atomic mass is 32.2. The summed E-state index contributed by atoms with van der Waals surface area (Å²) in [5.74, 6) is 0.243. The molecule has 1 unspecified atom stereocenters. The summed E-state index contributed by atoms with van der Waals surface area (Å²) in [6.45, 7) is 1.76. The molecule has 30 heavy (non-hydrogen) atoms. The van der Waals surface area contributed by atoms with Gasteiger partial charge in [0.2, 0.25) is 11.7 Å². The molecule has 1 atom stereocenters. The Morgan fingerprint density at radius 2 is 1.60 bits per heavy atom. The standard InChI is InChI=1S/C22H29NO6S/c1-16(18-13-19(27-2)22(29-4)20(14-18)28-3)23-21(24)15-30(25,26)12-8-11-17-9-6-5-7-10-17/h5-7,9-10,13-14,16H,8,11-12,15H2,1-4H3,(H,23,24). The number of aryl methyl sites for hydroxylation is 1. The van der Waals surface area contributed by atoms with Gasteiger partial charge < -0.3 is 19.5 Å². The van der Waals surface area contributed by atoms with E-state index in [9.17, 15) is 13.2 Å². The number of hydrogen-bond donors (Lipinski definition) is 1. The zero-order valence-electron chi connectivity index (χ0n) is 17.8. The van der Waals surface area contributed by atoms with Crippen molar-refractivity contribution in [1.29, 1.82) is 0 Å². The van der Waals surface area contributed by atoms with Crippen LogP contribution in [0.25, 0.3) is 0 Å². The highest BCUT2D eigenvalue weighted by Crippen LogP contribution is 2.39. The van der Waals surface area contributed by atoms with E-state index in [0.717, 1.165) is 5.56 Å². The van der Waals surface area contributed by atoms with Crippen LogP contribution in [-0.2, 0) is 21.1 Å². The predicted octanol–water partition coefficient (Wildman–Crippen LogP) is 2.94. The third-order valence-electron chi connectivity index (χ3n) is 4.68. The lowest BCUT2D eigenvalue weighted by atomic mass is 10.1. The van der Waals surface area contributed by atoms with Gasteiger partial charge in [-0.2, -0.15) is 0 Å². The molecule has 0 aliphatic rings. The molecule has 0 fully saturated rings. The molecule has 2 rings (SSSR count). The van der Waals surface area contributed by atoms with Gasteiger partial charge in [0.15, 0.2) is 21.3 Å². The fraction of sp³-hybridized carbons (Fsp3) is 0.409. The van der Waals surface area contributed by atoms with Gasteiger partial charge in [-0.1, -0.05) is 30.3 Å². The summed E-state index contributed by atoms with van der Waals surface area (Å²) in [4.78, 5) is 12.3. The molecule has 0 spiro atoms. The van der Waals surface area contributed by atoms with Crippen LogP contribution in [0.5, 0.6) is 17.2 Å². The Balaban J connectivity index is 1.96. The first-order chi connectivity index (χ1) is 14.3. The van der Waals surface area contributed by atoms with E-state index in [4.69, 9.17) is 14.2 Å². The molecule has 0 radical (unpaired) electrons. The molecule has 0 aliphatic heterocycles. The first-order valence-electron chi connectivity index (χ1n) is 9.63. The summed E-state index contributed by atoms with van der Waals surface area (Å²) in [7, 11) is 1.02. The van der Waals surface area contributed by atoms with Crippen molar-refractivity contribution in [2.24, 2.45) is 0 Å². The first-order valence-corrected chi connectivity index (χ1v) is 11.5. The van der Waals surface area contributed by atoms with Crippen molar-refractivity contribution in [2.75, 3.05) is 32.8 Å². The summed E-state index contributed by atoms with van der Waals surface area (Å²) < 4.78 is 40.6. The van der Waals surface area contributed by atoms with Crippen molar-refractivity contribution < 1.29 is 27.4 Å². The largest absolute Gasteiger partial charge is 0.493 e. The Kier molecular flexibility index (Phi) is 8.53. The van der Waals surface area contributed by atoms with Crippen LogP contribution in [0.3, 0.4) is 0 Å². The Hall–Kier alpha value is -2.74. The Labute approximate surface area is 178 Å². The van der Waals surface area contributed by atoms with Gasteiger partial charge in [-0.3, -0.25) is 4.79 Å². The average molecular weight is 436 g/mol. The Bertz CT molecular complexity index is 918. The second-order valence-electron chi connectivity index (χ2n) is 6.93. The van der Waals surface area contributed by atoms with Gasteiger partial charge in [-0.15, -0.1) is 0 Å². The average Bonchev–Trinajstić information content (AvgIpc) is 2.72. The van der Waals surface area contributed by atoms with Crippen molar-refractivity contribution in [1.82, 2.24) is 5.32 Å². The van der Waals surface area contributed by atoms with Crippen LogP contribution >= 0.6 is 0 Å². The highest BCUT2D eigenvalue weighted by Gasteiger charge is 2.21. The van der Waals surface area contributed by atoms with Gasteiger partial charge in [0.1, 0.15) is 5.75 Å². The lowest BCUT2D eigenvalue weighted by molar-refractivity contribution is -0.119. The van der Waals surface area contributed by atoms with E-state index in [1.807, 2.05) is 30.3 Å². The lowest BCUT2D eigenvalue weighted by Gasteiger charge is -2.19. The van der Waals surface area contributed by atoms with Gasteiger partial charge in [0, 0.05) is 0 Å². The number of ether oxygens (including phenoxy) is 3. The highest BCUT2D eigenvalue weighted by molar-refractivity contribution is 7.92. The maximum atomic E-state index is 12.3. The molecular formula is C22H29NO6S. The number of amides is 1. The van der Waals surface area contributed by atoms with E-state index in [0.29, 0.717) is 35.7 Å². The molecule has 7 nitrogen and oxygen atoms in total. The third kappa shape index (κ3) is 6.66. The smallest absolute Gasteiger partial charge is 0.235 e. The molecule has 0 aromatic heterocycles. The van der Waals surface area contributed by atoms with E-state index in [1.54, 1.807) is 19.1 Å². The van der Waals surface area contributed by atoms with E-state index in [1.165, 1.54) is 21.3 Å². The molecule has 2 aromatic carbocycles. The quantitative estimate of drug-likeness (QED) is 0.584. The fourth-order valence-corrected chi connectivity index (χ4v) is 4.34. The maximum absolute atomic E-state index is 12.3. The topological polar surface area (TPSA) is 90.9 Å². The number of benzene rings is 2. The molecule has 0 saturated heterocycles. The Morgan fingerprint density at radius 3 is 2.13 bits per heavy atom. The SMILES string of the molecule is COc1cc(C(C)NC(=O)CS(=O)(=O)CCCc2ccccc2)cc(OC)c1OC. The van der Waals surface area contributed by atoms with E-state index >= 15 is 0 Å². The van der Waals surface area contributed by atoms with Crippen LogP contribution in [0.15, 0.2) is 42.5 Å². The van der Waals surface area contributed by atoms with Crippen molar-refractivity contribution in [2.45, 2.75) is 25.8 Å². The Morgan fingerprint density at radius 1 is 1.00 bits per heavy atom. The second-order valence-corrected chi connectivity index (χ2v) is 9.11. The summed E-state index contributed by atoms with van der Waals surface area (Å²) >= 11 is 0. The van der Waals surface area contributed by atoms with E-state index < -0.39 is 27.5 Å². The van der Waals surface area contributed by atoms with Crippen LogP contribution in [0.2, 0.25) is 0 Å². The third-order valence-corrected chi connectivity index (χ3v) is 6.29. The van der Waals surface area contributed by atoms with Crippen molar-refractivity contribution in [3.05, 3.63) is 53.6 Å². The minimum absolute atomic E-state index is 0.0339. The second kappa shape index (κ2) is 10.9. The molecule has 0 aliphatic carbocycles. The van der Waals surface area contributed by atoms with Crippen molar-refractivity contribution in [3.8, 4) is 17.2 Å². The number of methoxy groups -OCH3 is 3. The van der Waals surface area contributed by atoms with E-state index in [2.05, 4.69) is 5.32 Å². The molecule has 8 heteroatoms. The monoisotopic (exact) mass is 435 g/mol.